The van der Waals surface area contributed by atoms with Gasteiger partial charge in [-0.15, -0.1) is 0 Å². The Hall–Kier alpha value is -6.99. The number of H-pyrrole nitrogens is 3. The van der Waals surface area contributed by atoms with Crippen molar-refractivity contribution in [1.82, 2.24) is 15.0 Å². The van der Waals surface area contributed by atoms with Gasteiger partial charge in [0.2, 0.25) is 0 Å². The minimum absolute atomic E-state index is 0.100. The van der Waals surface area contributed by atoms with E-state index >= 15 is 0 Å². The molecule has 0 saturated carbocycles. The average molecular weight is 923 g/mol. The number of non-ortho nitro benzene ring substituents is 1. The van der Waals surface area contributed by atoms with E-state index in [1.807, 2.05) is 127 Å². The van der Waals surface area contributed by atoms with Crippen LogP contribution in [0, 0.1) is 33.3 Å². The molecule has 6 heterocycles. The molecular weight excluding hydrogens is 876 g/mol. The number of pyridine rings is 3. The van der Waals surface area contributed by atoms with Crippen molar-refractivity contribution in [3.05, 3.63) is 199 Å². The Morgan fingerprint density at radius 2 is 1.13 bits per heavy atom. The first-order chi connectivity index (χ1) is 29.4. The molecule has 0 fully saturated rings. The Labute approximate surface area is 367 Å². The molecule has 304 valence electrons. The third-order valence-electron chi connectivity index (χ3n) is 10.2. The van der Waals surface area contributed by atoms with Gasteiger partial charge in [0, 0.05) is 109 Å². The first kappa shape index (κ1) is 42.1. The predicted molar refractivity (Wildman–Crippen MR) is 253 cm³/mol. The van der Waals surface area contributed by atoms with Gasteiger partial charge in [-0.05, 0) is 89.0 Å². The molecular formula is C50H46FIN7O2+3. The van der Waals surface area contributed by atoms with Gasteiger partial charge >= 0.3 is 0 Å². The molecule has 9 rings (SSSR count). The molecule has 9 aromatic rings. The Morgan fingerprint density at radius 3 is 1.70 bits per heavy atom. The molecule has 0 aliphatic heterocycles. The van der Waals surface area contributed by atoms with Gasteiger partial charge in [-0.3, -0.25) is 10.1 Å². The number of hydrogen-bond acceptors (Lipinski definition) is 2. The van der Waals surface area contributed by atoms with E-state index in [1.165, 1.54) is 45.4 Å². The largest absolute Gasteiger partial charge is 0.361 e. The second-order valence-corrected chi connectivity index (χ2v) is 16.1. The summed E-state index contributed by atoms with van der Waals surface area (Å²) in [6.45, 7) is 4.26. The van der Waals surface area contributed by atoms with Gasteiger partial charge in [-0.1, -0.05) is 48.1 Å². The number of nitrogens with one attached hydrogen (secondary N) is 3. The van der Waals surface area contributed by atoms with Crippen LogP contribution < -0.4 is 13.7 Å². The maximum atomic E-state index is 13.8. The number of aromatic nitrogens is 6. The third kappa shape index (κ3) is 10.6. The Kier molecular flexibility index (Phi) is 13.1. The number of rotatable bonds is 7. The van der Waals surface area contributed by atoms with E-state index < -0.39 is 0 Å². The van der Waals surface area contributed by atoms with Crippen LogP contribution in [0.3, 0.4) is 0 Å². The van der Waals surface area contributed by atoms with Crippen LogP contribution in [0.2, 0.25) is 0 Å². The van der Waals surface area contributed by atoms with Crippen molar-refractivity contribution < 1.29 is 23.0 Å². The number of aryl methyl sites for hydroxylation is 5. The summed E-state index contributed by atoms with van der Waals surface area (Å²) in [4.78, 5) is 20.0. The Bertz CT molecular complexity index is 3070. The highest BCUT2D eigenvalue weighted by Crippen LogP contribution is 2.27. The van der Waals surface area contributed by atoms with Crippen LogP contribution in [-0.2, 0) is 21.1 Å². The summed E-state index contributed by atoms with van der Waals surface area (Å²) in [6, 6.07) is 27.2. The smallest absolute Gasteiger partial charge is 0.270 e. The topological polar surface area (TPSA) is 102 Å². The predicted octanol–water partition coefficient (Wildman–Crippen LogP) is 10.8. The molecule has 0 spiro atoms. The van der Waals surface area contributed by atoms with Crippen LogP contribution in [0.5, 0.6) is 0 Å². The lowest BCUT2D eigenvalue weighted by atomic mass is 10.1. The highest BCUT2D eigenvalue weighted by molar-refractivity contribution is 14.1. The van der Waals surface area contributed by atoms with Crippen LogP contribution in [0.4, 0.5) is 10.1 Å². The number of nitrogens with zero attached hydrogens (tertiary/aromatic N) is 4. The molecule has 0 aliphatic carbocycles. The maximum Gasteiger partial charge on any atom is 0.270 e. The molecule has 6 aromatic heterocycles. The number of hydrogen-bond donors (Lipinski definition) is 3. The van der Waals surface area contributed by atoms with Crippen LogP contribution in [0.1, 0.15) is 44.6 Å². The van der Waals surface area contributed by atoms with Gasteiger partial charge in [0.1, 0.15) is 27.0 Å². The second-order valence-electron chi connectivity index (χ2n) is 14.9. The van der Waals surface area contributed by atoms with Gasteiger partial charge in [-0.2, -0.15) is 0 Å². The lowest BCUT2D eigenvalue weighted by molar-refractivity contribution is -0.671. The molecule has 11 heteroatoms. The molecule has 0 bridgehead atoms. The minimum atomic E-state index is -0.378. The summed E-state index contributed by atoms with van der Waals surface area (Å²) in [5.41, 5.74) is 11.9. The number of halogens is 2. The summed E-state index contributed by atoms with van der Waals surface area (Å²) >= 11 is 2.13. The van der Waals surface area contributed by atoms with Gasteiger partial charge in [-0.25, -0.2) is 18.1 Å². The van der Waals surface area contributed by atoms with E-state index in [0.29, 0.717) is 5.52 Å². The van der Waals surface area contributed by atoms with Crippen LogP contribution in [0.25, 0.3) is 69.2 Å². The number of benzene rings is 3. The fourth-order valence-electron chi connectivity index (χ4n) is 6.79. The number of aromatic amines is 3. The highest BCUT2D eigenvalue weighted by atomic mass is 127. The molecule has 0 atom stereocenters. The van der Waals surface area contributed by atoms with Crippen LogP contribution >= 0.6 is 22.6 Å². The zero-order valence-corrected chi connectivity index (χ0v) is 36.7. The summed E-state index contributed by atoms with van der Waals surface area (Å²) in [5, 5.41) is 13.9. The molecule has 9 nitrogen and oxygen atoms in total. The van der Waals surface area contributed by atoms with Crippen LogP contribution in [0.15, 0.2) is 135 Å². The molecule has 0 unspecified atom stereocenters. The fourth-order valence-corrected chi connectivity index (χ4v) is 7.38. The SMILES string of the molecule is C[n+]1ccc(/C=C/c2c[nH]c3c(F)cc(I)cc23)cc1.C[n+]1ccc(/C=C/c2c[nH]c3ccc([N+](=O)[O-])cc23)cc1.Cc1ccc2[nH]c(C)c(/C=C/c3cc[n+](C)cc3)c2c1. The monoisotopic (exact) mass is 922 g/mol. The summed E-state index contributed by atoms with van der Waals surface area (Å²) in [7, 11) is 5.98. The van der Waals surface area contributed by atoms with Gasteiger partial charge in [0.05, 0.1) is 10.4 Å². The first-order valence-electron chi connectivity index (χ1n) is 19.6. The Balaban J connectivity index is 0.000000138. The van der Waals surface area contributed by atoms with E-state index in [-0.39, 0.29) is 16.4 Å². The van der Waals surface area contributed by atoms with Crippen molar-refractivity contribution in [3.63, 3.8) is 0 Å². The normalized spacial score (nSPS) is 11.5. The molecule has 3 aromatic carbocycles. The molecule has 0 saturated heterocycles. The van der Waals surface area contributed by atoms with E-state index in [1.54, 1.807) is 12.1 Å². The van der Waals surface area contributed by atoms with E-state index in [2.05, 4.69) is 106 Å². The summed E-state index contributed by atoms with van der Waals surface area (Å²) < 4.78 is 20.7. The highest BCUT2D eigenvalue weighted by Gasteiger charge is 2.10. The number of fused-ring (bicyclic) bond motifs is 3. The Morgan fingerprint density at radius 1 is 0.607 bits per heavy atom. The fraction of sp³-hybridized carbons (Fsp3) is 0.100. The maximum absolute atomic E-state index is 13.8. The summed E-state index contributed by atoms with van der Waals surface area (Å²) in [5.74, 6) is -0.210. The van der Waals surface area contributed by atoms with Gasteiger partial charge in [0.25, 0.3) is 5.69 Å². The lowest BCUT2D eigenvalue weighted by Gasteiger charge is -1.96. The van der Waals surface area contributed by atoms with Crippen molar-refractivity contribution in [3.8, 4) is 0 Å². The van der Waals surface area contributed by atoms with Crippen molar-refractivity contribution in [1.29, 1.82) is 0 Å². The third-order valence-corrected chi connectivity index (χ3v) is 10.8. The van der Waals surface area contributed by atoms with Gasteiger partial charge < -0.3 is 15.0 Å². The second kappa shape index (κ2) is 18.9. The molecule has 0 amide bonds. The number of nitro benzene ring substituents is 1. The molecule has 0 aliphatic rings. The van der Waals surface area contributed by atoms with Crippen molar-refractivity contribution >= 4 is 97.4 Å². The molecule has 61 heavy (non-hydrogen) atoms. The van der Waals surface area contributed by atoms with E-state index in [4.69, 9.17) is 0 Å². The van der Waals surface area contributed by atoms with Crippen molar-refractivity contribution in [2.24, 2.45) is 21.1 Å². The van der Waals surface area contributed by atoms with E-state index in [0.717, 1.165) is 42.1 Å². The number of nitro groups is 1. The van der Waals surface area contributed by atoms with E-state index in [9.17, 15) is 14.5 Å². The molecule has 0 radical (unpaired) electrons. The quantitative estimate of drug-likeness (QED) is 0.0642. The minimum Gasteiger partial charge on any atom is -0.361 e. The van der Waals surface area contributed by atoms with Crippen LogP contribution in [-0.4, -0.2) is 19.9 Å². The van der Waals surface area contributed by atoms with Crippen molar-refractivity contribution in [2.75, 3.05) is 0 Å². The zero-order chi connectivity index (χ0) is 43.0. The zero-order valence-electron chi connectivity index (χ0n) is 34.5. The average Bonchev–Trinajstić information content (AvgIpc) is 3.94. The van der Waals surface area contributed by atoms with Crippen molar-refractivity contribution in [2.45, 2.75) is 13.8 Å². The molecule has 3 N–H and O–H groups in total. The summed E-state index contributed by atoms with van der Waals surface area (Å²) in [6.07, 6.45) is 28.1. The standard InChI is InChI=1S/C18H18N2.C16H12FIN2.C16H13N3O2/c1-13-4-7-18-17(12-13)16(14(2)19-18)6-5-15-8-10-20(3)11-9-15;1-20-6-4-11(5-7-20)2-3-12-10-19-16-14(12)8-13(18)9-15(16)17;1-18-8-6-12(7-9-18)2-3-13-11-17-16-5-4-14(19(20)21)10-15(13)16/h4-12H,1-3H3;2-10H,1H3;2-11H,1H3/p+3. The lowest BCUT2D eigenvalue weighted by Crippen LogP contribution is -2.25. The first-order valence-corrected chi connectivity index (χ1v) is 20.7. The van der Waals surface area contributed by atoms with Gasteiger partial charge in [0.15, 0.2) is 37.2 Å².